The number of nitrogens with one attached hydrogen (secondary N) is 2. The highest BCUT2D eigenvalue weighted by Gasteiger charge is 2.25. The summed E-state index contributed by atoms with van der Waals surface area (Å²) in [6.45, 7) is 8.96. The fourth-order valence-corrected chi connectivity index (χ4v) is 5.43. The monoisotopic (exact) mass is 416 g/mol. The van der Waals surface area contributed by atoms with Crippen LogP contribution in [0.4, 0.5) is 17.6 Å². The zero-order valence-corrected chi connectivity index (χ0v) is 18.8. The first-order valence-corrected chi connectivity index (χ1v) is 11.9. The number of anilines is 3. The van der Waals surface area contributed by atoms with E-state index in [0.717, 1.165) is 37.8 Å². The molecule has 29 heavy (non-hydrogen) atoms. The second-order valence-corrected chi connectivity index (χ2v) is 9.79. The predicted molar refractivity (Wildman–Crippen MR) is 125 cm³/mol. The van der Waals surface area contributed by atoms with Crippen LogP contribution >= 0.6 is 12.2 Å². The number of hydrogen-bond donors (Lipinski definition) is 2. The van der Waals surface area contributed by atoms with Gasteiger partial charge in [-0.05, 0) is 62.6 Å². The summed E-state index contributed by atoms with van der Waals surface area (Å²) in [4.78, 5) is 14.6. The first kappa shape index (κ1) is 20.6. The van der Waals surface area contributed by atoms with Gasteiger partial charge in [0.15, 0.2) is 5.11 Å². The molecule has 0 bridgehead atoms. The molecule has 0 aromatic carbocycles. The quantitative estimate of drug-likeness (QED) is 0.714. The molecule has 2 aliphatic heterocycles. The molecular formula is C22H36N6S. The molecule has 4 rings (SSSR count). The minimum absolute atomic E-state index is 0.489. The number of aromatic nitrogens is 2. The molecular weight excluding hydrogens is 380 g/mol. The lowest BCUT2D eigenvalue weighted by Crippen LogP contribution is -2.40. The van der Waals surface area contributed by atoms with Crippen LogP contribution in [0.15, 0.2) is 6.07 Å². The van der Waals surface area contributed by atoms with E-state index >= 15 is 0 Å². The maximum Gasteiger partial charge on any atom is 0.232 e. The van der Waals surface area contributed by atoms with Gasteiger partial charge in [0.05, 0.1) is 0 Å². The Morgan fingerprint density at radius 1 is 0.931 bits per heavy atom. The Labute approximate surface area is 180 Å². The van der Waals surface area contributed by atoms with Gasteiger partial charge in [-0.1, -0.05) is 26.7 Å². The number of piperidine rings is 2. The molecule has 7 heteroatoms. The summed E-state index contributed by atoms with van der Waals surface area (Å²) in [6.07, 6.45) is 10.1. The third-order valence-corrected chi connectivity index (χ3v) is 6.71. The molecule has 1 saturated carbocycles. The summed E-state index contributed by atoms with van der Waals surface area (Å²) in [5.74, 6) is 4.07. The van der Waals surface area contributed by atoms with Gasteiger partial charge in [0, 0.05) is 38.3 Å². The lowest BCUT2D eigenvalue weighted by Gasteiger charge is -2.36. The summed E-state index contributed by atoms with van der Waals surface area (Å²) >= 11 is 5.58. The number of hydrogen-bond acceptors (Lipinski definition) is 5. The molecule has 160 valence electrons. The predicted octanol–water partition coefficient (Wildman–Crippen LogP) is 4.18. The molecule has 2 saturated heterocycles. The highest BCUT2D eigenvalue weighted by atomic mass is 32.1. The average molecular weight is 417 g/mol. The van der Waals surface area contributed by atoms with Gasteiger partial charge in [-0.15, -0.1) is 0 Å². The SMILES string of the molecule is C[C@@H]1C[C@H](C)CN(c2cc(N3CCCCC3)nc(NC(=S)NC3CCCC3)n2)C1. The summed E-state index contributed by atoms with van der Waals surface area (Å²) in [6, 6.07) is 2.68. The van der Waals surface area contributed by atoms with Gasteiger partial charge >= 0.3 is 0 Å². The lowest BCUT2D eigenvalue weighted by molar-refractivity contribution is 0.355. The van der Waals surface area contributed by atoms with Gasteiger partial charge in [-0.2, -0.15) is 9.97 Å². The van der Waals surface area contributed by atoms with Crippen molar-refractivity contribution < 1.29 is 0 Å². The third kappa shape index (κ3) is 5.50. The smallest absolute Gasteiger partial charge is 0.232 e. The van der Waals surface area contributed by atoms with Crippen molar-refractivity contribution in [2.75, 3.05) is 41.3 Å². The highest BCUT2D eigenvalue weighted by Crippen LogP contribution is 2.29. The largest absolute Gasteiger partial charge is 0.360 e. The summed E-state index contributed by atoms with van der Waals surface area (Å²) in [7, 11) is 0. The fraction of sp³-hybridized carbons (Fsp3) is 0.773. The normalized spacial score (nSPS) is 25.9. The van der Waals surface area contributed by atoms with E-state index in [2.05, 4.69) is 40.3 Å². The molecule has 0 radical (unpaired) electrons. The standard InChI is InChI=1S/C22H36N6S/c1-16-12-17(2)15-28(14-16)20-13-19(27-10-6-3-7-11-27)24-21(25-20)26-22(29)23-18-8-4-5-9-18/h13,16-18H,3-12,14-15H2,1-2H3,(H2,23,24,25,26,29)/t16-,17+. The molecule has 1 aliphatic carbocycles. The van der Waals surface area contributed by atoms with Crippen LogP contribution in [0.2, 0.25) is 0 Å². The van der Waals surface area contributed by atoms with E-state index in [4.69, 9.17) is 22.2 Å². The number of rotatable bonds is 4. The topological polar surface area (TPSA) is 56.3 Å². The Kier molecular flexibility index (Phi) is 6.73. The lowest BCUT2D eigenvalue weighted by atomic mass is 9.92. The van der Waals surface area contributed by atoms with E-state index in [1.165, 1.54) is 51.4 Å². The summed E-state index contributed by atoms with van der Waals surface area (Å²) in [5, 5.41) is 7.40. The summed E-state index contributed by atoms with van der Waals surface area (Å²) < 4.78 is 0. The Balaban J connectivity index is 1.54. The molecule has 3 heterocycles. The van der Waals surface area contributed by atoms with E-state index in [9.17, 15) is 0 Å². The van der Waals surface area contributed by atoms with Crippen molar-refractivity contribution in [1.82, 2.24) is 15.3 Å². The first-order chi connectivity index (χ1) is 14.1. The van der Waals surface area contributed by atoms with Crippen LogP contribution in [0, 0.1) is 11.8 Å². The van der Waals surface area contributed by atoms with E-state index in [0.29, 0.717) is 28.9 Å². The number of thiocarbonyl (C=S) groups is 1. The Hall–Kier alpha value is -1.63. The van der Waals surface area contributed by atoms with Crippen LogP contribution in [0.1, 0.15) is 65.2 Å². The van der Waals surface area contributed by atoms with Gasteiger partial charge in [0.25, 0.3) is 0 Å². The molecule has 2 atom stereocenters. The molecule has 3 aliphatic rings. The van der Waals surface area contributed by atoms with Crippen molar-refractivity contribution >= 4 is 34.9 Å². The molecule has 0 spiro atoms. The van der Waals surface area contributed by atoms with Gasteiger partial charge in [-0.3, -0.25) is 0 Å². The van der Waals surface area contributed by atoms with Crippen molar-refractivity contribution in [3.05, 3.63) is 6.07 Å². The zero-order valence-electron chi connectivity index (χ0n) is 18.0. The van der Waals surface area contributed by atoms with E-state index in [1.54, 1.807) is 0 Å². The van der Waals surface area contributed by atoms with Crippen molar-refractivity contribution in [3.63, 3.8) is 0 Å². The summed E-state index contributed by atoms with van der Waals surface area (Å²) in [5.41, 5.74) is 0. The molecule has 2 N–H and O–H groups in total. The molecule has 6 nitrogen and oxygen atoms in total. The molecule has 0 amide bonds. The third-order valence-electron chi connectivity index (χ3n) is 6.49. The van der Waals surface area contributed by atoms with Crippen molar-refractivity contribution in [2.45, 2.75) is 71.3 Å². The van der Waals surface area contributed by atoms with Crippen LogP contribution in [-0.2, 0) is 0 Å². The van der Waals surface area contributed by atoms with Crippen molar-refractivity contribution in [2.24, 2.45) is 11.8 Å². The average Bonchev–Trinajstić information content (AvgIpc) is 3.20. The van der Waals surface area contributed by atoms with Gasteiger partial charge in [0.2, 0.25) is 5.95 Å². The second-order valence-electron chi connectivity index (χ2n) is 9.39. The van der Waals surface area contributed by atoms with Crippen molar-refractivity contribution in [3.8, 4) is 0 Å². The molecule has 1 aromatic heterocycles. The van der Waals surface area contributed by atoms with Crippen LogP contribution < -0.4 is 20.4 Å². The fourth-order valence-electron chi connectivity index (χ4n) is 5.17. The molecule has 1 aromatic rings. The highest BCUT2D eigenvalue weighted by molar-refractivity contribution is 7.80. The first-order valence-electron chi connectivity index (χ1n) is 11.5. The number of nitrogens with zero attached hydrogens (tertiary/aromatic N) is 4. The van der Waals surface area contributed by atoms with Crippen LogP contribution in [0.25, 0.3) is 0 Å². The second kappa shape index (κ2) is 9.45. The Morgan fingerprint density at radius 2 is 1.55 bits per heavy atom. The Bertz CT molecular complexity index is 689. The van der Waals surface area contributed by atoms with Crippen LogP contribution in [-0.4, -0.2) is 47.3 Å². The molecule has 3 fully saturated rings. The van der Waals surface area contributed by atoms with E-state index < -0.39 is 0 Å². The Morgan fingerprint density at radius 3 is 2.21 bits per heavy atom. The van der Waals surface area contributed by atoms with E-state index in [-0.39, 0.29) is 0 Å². The van der Waals surface area contributed by atoms with E-state index in [1.807, 2.05) is 0 Å². The maximum atomic E-state index is 5.58. The van der Waals surface area contributed by atoms with Gasteiger partial charge < -0.3 is 20.4 Å². The zero-order chi connectivity index (χ0) is 20.2. The molecule has 0 unspecified atom stereocenters. The van der Waals surface area contributed by atoms with Crippen LogP contribution in [0.5, 0.6) is 0 Å². The van der Waals surface area contributed by atoms with Gasteiger partial charge in [0.1, 0.15) is 11.6 Å². The van der Waals surface area contributed by atoms with Crippen molar-refractivity contribution in [1.29, 1.82) is 0 Å². The minimum atomic E-state index is 0.489. The van der Waals surface area contributed by atoms with Gasteiger partial charge in [-0.25, -0.2) is 0 Å². The maximum absolute atomic E-state index is 5.58. The van der Waals surface area contributed by atoms with Crippen LogP contribution in [0.3, 0.4) is 0 Å². The minimum Gasteiger partial charge on any atom is -0.360 e.